The fraction of sp³-hybridized carbons (Fsp3) is 0.636. The predicted molar refractivity (Wildman–Crippen MR) is 65.2 cm³/mol. The van der Waals surface area contributed by atoms with Crippen molar-refractivity contribution in [3.05, 3.63) is 11.3 Å². The molecule has 3 N–H and O–H groups in total. The molecule has 0 spiro atoms. The molecule has 2 heterocycles. The van der Waals surface area contributed by atoms with Crippen molar-refractivity contribution in [1.29, 1.82) is 0 Å². The lowest BCUT2D eigenvalue weighted by atomic mass is 10.1. The molecule has 1 saturated heterocycles. The summed E-state index contributed by atoms with van der Waals surface area (Å²) >= 11 is 0. The highest BCUT2D eigenvalue weighted by atomic mass is 16.2. The summed E-state index contributed by atoms with van der Waals surface area (Å²) in [5.41, 5.74) is 7.93. The summed E-state index contributed by atoms with van der Waals surface area (Å²) in [5.74, 6) is 0.761. The van der Waals surface area contributed by atoms with Crippen molar-refractivity contribution < 1.29 is 4.79 Å². The van der Waals surface area contributed by atoms with Crippen LogP contribution in [0.1, 0.15) is 18.2 Å². The number of nitrogens with two attached hydrogens (primary N) is 1. The van der Waals surface area contributed by atoms with Crippen LogP contribution in [-0.4, -0.2) is 39.7 Å². The quantitative estimate of drug-likeness (QED) is 0.736. The van der Waals surface area contributed by atoms with E-state index < -0.39 is 0 Å². The van der Waals surface area contributed by atoms with E-state index in [0.29, 0.717) is 18.9 Å². The Morgan fingerprint density at radius 2 is 2.29 bits per heavy atom. The van der Waals surface area contributed by atoms with Gasteiger partial charge in [0.25, 0.3) is 0 Å². The Balaban J connectivity index is 2.17. The highest BCUT2D eigenvalue weighted by Crippen LogP contribution is 2.19. The smallest absolute Gasteiger partial charge is 0.237 e. The van der Waals surface area contributed by atoms with Crippen molar-refractivity contribution in [3.8, 4) is 0 Å². The molecule has 1 atom stereocenters. The van der Waals surface area contributed by atoms with E-state index in [0.717, 1.165) is 17.8 Å². The first-order valence-corrected chi connectivity index (χ1v) is 5.80. The summed E-state index contributed by atoms with van der Waals surface area (Å²) < 4.78 is 1.68. The molecular weight excluding hydrogens is 218 g/mol. The van der Waals surface area contributed by atoms with Gasteiger partial charge in [-0.15, -0.1) is 0 Å². The molecule has 0 bridgehead atoms. The Labute approximate surface area is 101 Å². The number of nitrogens with one attached hydrogen (secondary N) is 1. The largest absolute Gasteiger partial charge is 0.384 e. The van der Waals surface area contributed by atoms with E-state index in [1.807, 2.05) is 20.9 Å². The number of rotatable bonds is 2. The maximum atomic E-state index is 11.6. The molecule has 94 valence electrons. The number of carbonyl (C=O) groups is 1. The van der Waals surface area contributed by atoms with E-state index in [-0.39, 0.29) is 11.9 Å². The Bertz CT molecular complexity index is 439. The molecule has 1 unspecified atom stereocenters. The molecule has 1 aliphatic rings. The molecule has 6 nitrogen and oxygen atoms in total. The molecule has 0 aromatic carbocycles. The SMILES string of the molecule is Cc1nn(C)c(N)c1CN1CCNC(=O)C1C. The van der Waals surface area contributed by atoms with Crippen LogP contribution in [-0.2, 0) is 18.4 Å². The lowest BCUT2D eigenvalue weighted by Gasteiger charge is -2.32. The van der Waals surface area contributed by atoms with Gasteiger partial charge < -0.3 is 11.1 Å². The summed E-state index contributed by atoms with van der Waals surface area (Å²) in [6, 6.07) is -0.109. The number of hydrogen-bond donors (Lipinski definition) is 2. The van der Waals surface area contributed by atoms with Crippen molar-refractivity contribution in [2.24, 2.45) is 7.05 Å². The number of anilines is 1. The minimum atomic E-state index is -0.109. The van der Waals surface area contributed by atoms with Crippen molar-refractivity contribution in [3.63, 3.8) is 0 Å². The number of carbonyl (C=O) groups excluding carboxylic acids is 1. The van der Waals surface area contributed by atoms with Gasteiger partial charge in [-0.2, -0.15) is 5.10 Å². The van der Waals surface area contributed by atoms with E-state index in [4.69, 9.17) is 5.73 Å². The normalized spacial score (nSPS) is 21.6. The third-order valence-electron chi connectivity index (χ3n) is 3.38. The second kappa shape index (κ2) is 4.37. The molecule has 1 fully saturated rings. The molecule has 2 rings (SSSR count). The number of aromatic nitrogens is 2. The van der Waals surface area contributed by atoms with Gasteiger partial charge in [-0.1, -0.05) is 0 Å². The third kappa shape index (κ3) is 2.12. The van der Waals surface area contributed by atoms with Gasteiger partial charge in [0.05, 0.1) is 11.7 Å². The van der Waals surface area contributed by atoms with Crippen LogP contribution in [0, 0.1) is 6.92 Å². The molecule has 17 heavy (non-hydrogen) atoms. The van der Waals surface area contributed by atoms with Crippen LogP contribution in [0.3, 0.4) is 0 Å². The first kappa shape index (κ1) is 11.9. The molecule has 1 amide bonds. The van der Waals surface area contributed by atoms with Gasteiger partial charge in [0.1, 0.15) is 5.82 Å². The monoisotopic (exact) mass is 237 g/mol. The molecule has 0 aliphatic carbocycles. The van der Waals surface area contributed by atoms with Crippen molar-refractivity contribution in [1.82, 2.24) is 20.0 Å². The van der Waals surface area contributed by atoms with Crippen LogP contribution < -0.4 is 11.1 Å². The number of hydrogen-bond acceptors (Lipinski definition) is 4. The Kier molecular flexibility index (Phi) is 3.06. The van der Waals surface area contributed by atoms with Crippen LogP contribution in [0.5, 0.6) is 0 Å². The fourth-order valence-corrected chi connectivity index (χ4v) is 2.16. The van der Waals surface area contributed by atoms with Crippen LogP contribution in [0.25, 0.3) is 0 Å². The first-order valence-electron chi connectivity index (χ1n) is 5.80. The number of nitrogens with zero attached hydrogens (tertiary/aromatic N) is 3. The molecule has 1 aliphatic heterocycles. The Morgan fingerprint density at radius 1 is 1.59 bits per heavy atom. The molecule has 0 radical (unpaired) electrons. The second-order valence-electron chi connectivity index (χ2n) is 4.51. The maximum absolute atomic E-state index is 11.6. The molecule has 0 saturated carbocycles. The van der Waals surface area contributed by atoms with Gasteiger partial charge in [0.2, 0.25) is 5.91 Å². The molecule has 1 aromatic heterocycles. The highest BCUT2D eigenvalue weighted by molar-refractivity contribution is 5.82. The lowest BCUT2D eigenvalue weighted by Crippen LogP contribution is -2.53. The van der Waals surface area contributed by atoms with E-state index in [9.17, 15) is 4.79 Å². The van der Waals surface area contributed by atoms with Crippen LogP contribution >= 0.6 is 0 Å². The topological polar surface area (TPSA) is 76.2 Å². The summed E-state index contributed by atoms with van der Waals surface area (Å²) in [4.78, 5) is 13.7. The van der Waals surface area contributed by atoms with E-state index in [1.54, 1.807) is 4.68 Å². The summed E-state index contributed by atoms with van der Waals surface area (Å²) in [5, 5.41) is 7.13. The number of nitrogen functional groups attached to an aromatic ring is 1. The summed E-state index contributed by atoms with van der Waals surface area (Å²) in [7, 11) is 1.83. The van der Waals surface area contributed by atoms with Gasteiger partial charge in [-0.3, -0.25) is 14.4 Å². The van der Waals surface area contributed by atoms with Gasteiger partial charge in [0.15, 0.2) is 0 Å². The molecule has 6 heteroatoms. The molecular formula is C11H19N5O. The Hall–Kier alpha value is -1.56. The number of piperazine rings is 1. The third-order valence-corrected chi connectivity index (χ3v) is 3.38. The van der Waals surface area contributed by atoms with Crippen molar-refractivity contribution >= 4 is 11.7 Å². The standard InChI is InChI=1S/C11H19N5O/c1-7-9(10(12)15(3)14-7)6-16-5-4-13-11(17)8(16)2/h8H,4-6,12H2,1-3H3,(H,13,17). The van der Waals surface area contributed by atoms with Gasteiger partial charge >= 0.3 is 0 Å². The van der Waals surface area contributed by atoms with Crippen LogP contribution in [0.15, 0.2) is 0 Å². The second-order valence-corrected chi connectivity index (χ2v) is 4.51. The van der Waals surface area contributed by atoms with Crippen LogP contribution in [0.2, 0.25) is 0 Å². The number of amides is 1. The molecule has 1 aromatic rings. The van der Waals surface area contributed by atoms with Crippen molar-refractivity contribution in [2.75, 3.05) is 18.8 Å². The zero-order chi connectivity index (χ0) is 12.6. The Morgan fingerprint density at radius 3 is 2.88 bits per heavy atom. The summed E-state index contributed by atoms with van der Waals surface area (Å²) in [6.07, 6.45) is 0. The predicted octanol–water partition coefficient (Wildman–Crippen LogP) is -0.369. The van der Waals surface area contributed by atoms with E-state index in [1.165, 1.54) is 0 Å². The average Bonchev–Trinajstić information content (AvgIpc) is 2.51. The zero-order valence-corrected chi connectivity index (χ0v) is 10.5. The van der Waals surface area contributed by atoms with E-state index >= 15 is 0 Å². The maximum Gasteiger partial charge on any atom is 0.237 e. The zero-order valence-electron chi connectivity index (χ0n) is 10.5. The average molecular weight is 237 g/mol. The van der Waals surface area contributed by atoms with Gasteiger partial charge in [0, 0.05) is 32.2 Å². The van der Waals surface area contributed by atoms with Crippen molar-refractivity contribution in [2.45, 2.75) is 26.4 Å². The van der Waals surface area contributed by atoms with Gasteiger partial charge in [-0.05, 0) is 13.8 Å². The van der Waals surface area contributed by atoms with E-state index in [2.05, 4.69) is 15.3 Å². The van der Waals surface area contributed by atoms with Gasteiger partial charge in [-0.25, -0.2) is 0 Å². The van der Waals surface area contributed by atoms with Crippen LogP contribution in [0.4, 0.5) is 5.82 Å². The first-order chi connectivity index (χ1) is 8.00. The number of aryl methyl sites for hydroxylation is 2. The fourth-order valence-electron chi connectivity index (χ4n) is 2.16. The minimum Gasteiger partial charge on any atom is -0.384 e. The lowest BCUT2D eigenvalue weighted by molar-refractivity contribution is -0.128. The summed E-state index contributed by atoms with van der Waals surface area (Å²) in [6.45, 7) is 6.08. The highest BCUT2D eigenvalue weighted by Gasteiger charge is 2.26. The minimum absolute atomic E-state index is 0.0800.